The minimum Gasteiger partial charge on any atom is -0.453 e. The zero-order valence-electron chi connectivity index (χ0n) is 19.5. The molecule has 2 fully saturated rings. The first kappa shape index (κ1) is 25.1. The van der Waals surface area contributed by atoms with Crippen LogP contribution in [0.4, 0.5) is 15.3 Å². The average molecular weight is 478 g/mol. The number of ether oxygens (including phenoxy) is 2. The first-order chi connectivity index (χ1) is 16.3. The molecule has 2 saturated heterocycles. The summed E-state index contributed by atoms with van der Waals surface area (Å²) in [5.74, 6) is -2.41. The maximum atomic E-state index is 13.6. The highest BCUT2D eigenvalue weighted by atomic mass is 16.6. The van der Waals surface area contributed by atoms with E-state index in [1.165, 1.54) is 26.1 Å². The van der Waals surface area contributed by atoms with Crippen molar-refractivity contribution in [2.24, 2.45) is 5.92 Å². The number of anilines is 1. The number of methoxy groups -OCH3 is 1. The molecule has 0 unspecified atom stereocenters. The van der Waals surface area contributed by atoms with E-state index in [0.717, 1.165) is 10.6 Å². The van der Waals surface area contributed by atoms with Gasteiger partial charge in [-0.3, -0.25) is 19.7 Å². The molecule has 3 atom stereocenters. The molecule has 0 radical (unpaired) electrons. The van der Waals surface area contributed by atoms with Crippen LogP contribution >= 0.6 is 0 Å². The van der Waals surface area contributed by atoms with Crippen LogP contribution in [0.2, 0.25) is 0 Å². The van der Waals surface area contributed by atoms with Crippen molar-refractivity contribution >= 4 is 29.7 Å². The second kappa shape index (κ2) is 11.1. The molecule has 34 heavy (non-hydrogen) atoms. The van der Waals surface area contributed by atoms with Gasteiger partial charge in [0.15, 0.2) is 0 Å². The number of carbonyl (C=O) groups excluding carboxylic acids is 4. The number of rotatable bonds is 4. The molecule has 2 N–H and O–H groups in total. The van der Waals surface area contributed by atoms with Crippen LogP contribution in [0, 0.1) is 5.92 Å². The molecule has 3 rings (SSSR count). The molecule has 1 aromatic rings. The van der Waals surface area contributed by atoms with Crippen molar-refractivity contribution in [3.63, 3.8) is 0 Å². The summed E-state index contributed by atoms with van der Waals surface area (Å²) in [5, 5.41) is 9.31. The quantitative estimate of drug-likeness (QED) is 0.470. The number of para-hydroxylation sites is 1. The third-order valence-corrected chi connectivity index (χ3v) is 6.09. The molecule has 0 saturated carbocycles. The number of benzene rings is 1. The molecule has 2 heterocycles. The summed E-state index contributed by atoms with van der Waals surface area (Å²) in [6.45, 7) is 1.83. The third kappa shape index (κ3) is 5.50. The standard InChI is InChI=1S/C22H31N5O7/c1-24(2)21(30)34-16-13-17(19(28)23-32)18(27(14-16)22(31)33-3)20(29)26-11-9-25(10-12-26)15-7-5-4-6-8-15/h4-8,16-18,32H,9-14H2,1-3H3,(H,23,28)/t16-,17-,18-/m0/s1. The Morgan fingerprint density at radius 2 is 1.71 bits per heavy atom. The van der Waals surface area contributed by atoms with Gasteiger partial charge in [0.25, 0.3) is 0 Å². The van der Waals surface area contributed by atoms with E-state index in [2.05, 4.69) is 4.90 Å². The van der Waals surface area contributed by atoms with Gasteiger partial charge in [-0.2, -0.15) is 0 Å². The summed E-state index contributed by atoms with van der Waals surface area (Å²) in [6, 6.07) is 8.60. The number of hydrogen-bond donors (Lipinski definition) is 2. The molecule has 186 valence electrons. The van der Waals surface area contributed by atoms with E-state index >= 15 is 0 Å². The van der Waals surface area contributed by atoms with Crippen LogP contribution in [0.1, 0.15) is 6.42 Å². The van der Waals surface area contributed by atoms with Crippen molar-refractivity contribution in [1.82, 2.24) is 20.2 Å². The van der Waals surface area contributed by atoms with Crippen molar-refractivity contribution in [2.45, 2.75) is 18.6 Å². The highest BCUT2D eigenvalue weighted by molar-refractivity contribution is 5.92. The molecule has 2 aliphatic rings. The molecule has 0 aliphatic carbocycles. The van der Waals surface area contributed by atoms with Crippen LogP contribution in [-0.2, 0) is 19.1 Å². The fraction of sp³-hybridized carbons (Fsp3) is 0.545. The largest absolute Gasteiger partial charge is 0.453 e. The van der Waals surface area contributed by atoms with Crippen molar-refractivity contribution < 1.29 is 33.9 Å². The summed E-state index contributed by atoms with van der Waals surface area (Å²) in [5.41, 5.74) is 2.63. The molecule has 0 aromatic heterocycles. The average Bonchev–Trinajstić information content (AvgIpc) is 2.87. The van der Waals surface area contributed by atoms with Gasteiger partial charge in [0.1, 0.15) is 12.1 Å². The van der Waals surface area contributed by atoms with Crippen LogP contribution in [0.15, 0.2) is 30.3 Å². The molecular weight excluding hydrogens is 446 g/mol. The molecule has 12 heteroatoms. The van der Waals surface area contributed by atoms with E-state index in [9.17, 15) is 24.4 Å². The number of nitrogens with one attached hydrogen (secondary N) is 1. The normalized spacial score (nSPS) is 22.6. The molecule has 4 amide bonds. The predicted molar refractivity (Wildman–Crippen MR) is 120 cm³/mol. The molecule has 1 aromatic carbocycles. The summed E-state index contributed by atoms with van der Waals surface area (Å²) >= 11 is 0. The maximum absolute atomic E-state index is 13.6. The third-order valence-electron chi connectivity index (χ3n) is 6.09. The Bertz CT molecular complexity index is 863. The fourth-order valence-corrected chi connectivity index (χ4v) is 4.33. The van der Waals surface area contributed by atoms with Crippen molar-refractivity contribution in [2.75, 3.05) is 58.8 Å². The number of hydrogen-bond acceptors (Lipinski definition) is 8. The first-order valence-corrected chi connectivity index (χ1v) is 11.0. The number of carbonyl (C=O) groups is 4. The van der Waals surface area contributed by atoms with E-state index < -0.39 is 42.1 Å². The minimum absolute atomic E-state index is 0.0418. The van der Waals surface area contributed by atoms with Crippen LogP contribution in [0.25, 0.3) is 0 Å². The Morgan fingerprint density at radius 1 is 1.06 bits per heavy atom. The van der Waals surface area contributed by atoms with Gasteiger partial charge in [-0.25, -0.2) is 15.1 Å². The monoisotopic (exact) mass is 477 g/mol. The van der Waals surface area contributed by atoms with E-state index in [1.807, 2.05) is 30.3 Å². The fourth-order valence-electron chi connectivity index (χ4n) is 4.33. The van der Waals surface area contributed by atoms with E-state index in [0.29, 0.717) is 26.2 Å². The number of piperazine rings is 1. The van der Waals surface area contributed by atoms with Crippen molar-refractivity contribution in [3.05, 3.63) is 30.3 Å². The lowest BCUT2D eigenvalue weighted by Crippen LogP contribution is -2.64. The Hall–Kier alpha value is -3.54. The Balaban J connectivity index is 1.79. The number of amides is 4. The number of likely N-dealkylation sites (tertiary alicyclic amines) is 1. The Morgan fingerprint density at radius 3 is 2.26 bits per heavy atom. The van der Waals surface area contributed by atoms with Gasteiger partial charge < -0.3 is 24.2 Å². The molecular formula is C22H31N5O7. The van der Waals surface area contributed by atoms with Crippen LogP contribution in [0.5, 0.6) is 0 Å². The Kier molecular flexibility index (Phi) is 8.16. The smallest absolute Gasteiger partial charge is 0.410 e. The molecule has 0 spiro atoms. The zero-order valence-corrected chi connectivity index (χ0v) is 19.5. The van der Waals surface area contributed by atoms with Crippen LogP contribution in [0.3, 0.4) is 0 Å². The van der Waals surface area contributed by atoms with Gasteiger partial charge in [-0.05, 0) is 12.1 Å². The van der Waals surface area contributed by atoms with Gasteiger partial charge in [0.2, 0.25) is 11.8 Å². The maximum Gasteiger partial charge on any atom is 0.410 e. The second-order valence-electron chi connectivity index (χ2n) is 8.43. The number of piperidine rings is 1. The lowest BCUT2D eigenvalue weighted by Gasteiger charge is -2.44. The van der Waals surface area contributed by atoms with Crippen molar-refractivity contribution in [3.8, 4) is 0 Å². The summed E-state index contributed by atoms with van der Waals surface area (Å²) < 4.78 is 10.2. The minimum atomic E-state index is -1.21. The predicted octanol–water partition coefficient (Wildman–Crippen LogP) is 0.364. The van der Waals surface area contributed by atoms with Crippen LogP contribution in [-0.4, -0.2) is 110 Å². The van der Waals surface area contributed by atoms with Gasteiger partial charge in [-0.15, -0.1) is 0 Å². The van der Waals surface area contributed by atoms with Gasteiger partial charge in [0.05, 0.1) is 19.6 Å². The highest BCUT2D eigenvalue weighted by Crippen LogP contribution is 2.29. The topological polar surface area (TPSA) is 132 Å². The van der Waals surface area contributed by atoms with E-state index in [1.54, 1.807) is 10.4 Å². The Labute approximate surface area is 197 Å². The SMILES string of the molecule is COC(=O)N1C[C@@H](OC(=O)N(C)C)C[C@H](C(=O)NO)[C@H]1C(=O)N1CCN(c2ccccc2)CC1. The highest BCUT2D eigenvalue weighted by Gasteiger charge is 2.49. The molecule has 2 aliphatic heterocycles. The lowest BCUT2D eigenvalue weighted by molar-refractivity contribution is -0.151. The second-order valence-corrected chi connectivity index (χ2v) is 8.43. The first-order valence-electron chi connectivity index (χ1n) is 11.0. The van der Waals surface area contributed by atoms with Crippen molar-refractivity contribution in [1.29, 1.82) is 0 Å². The lowest BCUT2D eigenvalue weighted by atomic mass is 9.86. The van der Waals surface area contributed by atoms with Crippen LogP contribution < -0.4 is 10.4 Å². The van der Waals surface area contributed by atoms with Gasteiger partial charge >= 0.3 is 12.2 Å². The number of nitrogens with zero attached hydrogens (tertiary/aromatic N) is 4. The summed E-state index contributed by atoms with van der Waals surface area (Å²) in [7, 11) is 4.17. The number of hydroxylamine groups is 1. The molecule has 0 bridgehead atoms. The summed E-state index contributed by atoms with van der Waals surface area (Å²) in [6.07, 6.45) is -2.39. The van der Waals surface area contributed by atoms with E-state index in [-0.39, 0.29) is 13.0 Å². The molecule has 12 nitrogen and oxygen atoms in total. The summed E-state index contributed by atoms with van der Waals surface area (Å²) in [4.78, 5) is 56.9. The van der Waals surface area contributed by atoms with Gasteiger partial charge in [-0.1, -0.05) is 18.2 Å². The zero-order chi connectivity index (χ0) is 24.8. The van der Waals surface area contributed by atoms with E-state index in [4.69, 9.17) is 9.47 Å². The van der Waals surface area contributed by atoms with Gasteiger partial charge in [0, 0.05) is 52.4 Å².